The van der Waals surface area contributed by atoms with Crippen molar-refractivity contribution in [2.75, 3.05) is 0 Å². The second-order valence-electron chi connectivity index (χ2n) is 4.03. The molecule has 0 aliphatic rings. The Morgan fingerprint density at radius 1 is 1.29 bits per heavy atom. The van der Waals surface area contributed by atoms with Crippen LogP contribution in [0.4, 0.5) is 0 Å². The van der Waals surface area contributed by atoms with Crippen molar-refractivity contribution < 1.29 is 0 Å². The lowest BCUT2D eigenvalue weighted by atomic mass is 10.1. The SMILES string of the molecule is CC(C)NC(c1ccc(Br)cn1)c1nccs1. The van der Waals surface area contributed by atoms with Crippen LogP contribution in [0.2, 0.25) is 0 Å². The van der Waals surface area contributed by atoms with Crippen molar-refractivity contribution in [2.24, 2.45) is 0 Å². The normalized spacial score (nSPS) is 12.9. The highest BCUT2D eigenvalue weighted by atomic mass is 79.9. The van der Waals surface area contributed by atoms with Gasteiger partial charge in [-0.2, -0.15) is 0 Å². The van der Waals surface area contributed by atoms with Crippen LogP contribution in [0, 0.1) is 0 Å². The lowest BCUT2D eigenvalue weighted by Crippen LogP contribution is -2.29. The Labute approximate surface area is 113 Å². The van der Waals surface area contributed by atoms with Crippen LogP contribution in [-0.2, 0) is 0 Å². The molecule has 0 saturated carbocycles. The zero-order valence-electron chi connectivity index (χ0n) is 9.72. The fraction of sp³-hybridized carbons (Fsp3) is 0.333. The topological polar surface area (TPSA) is 37.8 Å². The Bertz CT molecular complexity index is 453. The molecule has 90 valence electrons. The molecule has 3 nitrogen and oxygen atoms in total. The number of rotatable bonds is 4. The second-order valence-corrected chi connectivity index (χ2v) is 5.87. The van der Waals surface area contributed by atoms with Crippen molar-refractivity contribution >= 4 is 27.3 Å². The molecule has 0 amide bonds. The average molecular weight is 312 g/mol. The summed E-state index contributed by atoms with van der Waals surface area (Å²) >= 11 is 5.04. The first-order valence-corrected chi connectivity index (χ1v) is 7.11. The fourth-order valence-electron chi connectivity index (χ4n) is 1.55. The summed E-state index contributed by atoms with van der Waals surface area (Å²) in [6.07, 6.45) is 3.64. The maximum atomic E-state index is 4.44. The standard InChI is InChI=1S/C12H14BrN3S/c1-8(2)16-11(12-14-5-6-17-12)10-4-3-9(13)7-15-10/h3-8,11,16H,1-2H3. The predicted octanol–water partition coefficient (Wildman–Crippen LogP) is 3.39. The van der Waals surface area contributed by atoms with Crippen molar-refractivity contribution in [2.45, 2.75) is 25.9 Å². The molecule has 2 heterocycles. The molecule has 2 rings (SSSR count). The maximum Gasteiger partial charge on any atom is 0.116 e. The van der Waals surface area contributed by atoms with Gasteiger partial charge in [0.2, 0.25) is 0 Å². The first kappa shape index (κ1) is 12.7. The van der Waals surface area contributed by atoms with E-state index in [0.29, 0.717) is 6.04 Å². The minimum absolute atomic E-state index is 0.0723. The van der Waals surface area contributed by atoms with E-state index in [9.17, 15) is 0 Å². The van der Waals surface area contributed by atoms with E-state index in [1.54, 1.807) is 11.3 Å². The van der Waals surface area contributed by atoms with E-state index in [0.717, 1.165) is 15.2 Å². The van der Waals surface area contributed by atoms with Crippen LogP contribution in [0.15, 0.2) is 34.4 Å². The van der Waals surface area contributed by atoms with Crippen LogP contribution < -0.4 is 5.32 Å². The van der Waals surface area contributed by atoms with E-state index in [1.807, 2.05) is 29.9 Å². The predicted molar refractivity (Wildman–Crippen MR) is 74.2 cm³/mol. The average Bonchev–Trinajstić information content (AvgIpc) is 2.80. The lowest BCUT2D eigenvalue weighted by molar-refractivity contribution is 0.518. The van der Waals surface area contributed by atoms with Gasteiger partial charge < -0.3 is 5.32 Å². The van der Waals surface area contributed by atoms with Crippen LogP contribution in [0.25, 0.3) is 0 Å². The Kier molecular flexibility index (Phi) is 4.25. The second kappa shape index (κ2) is 5.71. The van der Waals surface area contributed by atoms with Crippen LogP contribution in [0.3, 0.4) is 0 Å². The van der Waals surface area contributed by atoms with E-state index >= 15 is 0 Å². The van der Waals surface area contributed by atoms with Gasteiger partial charge in [0.05, 0.1) is 5.69 Å². The van der Waals surface area contributed by atoms with E-state index in [4.69, 9.17) is 0 Å². The molecular formula is C12H14BrN3S. The molecule has 0 fully saturated rings. The Morgan fingerprint density at radius 3 is 2.65 bits per heavy atom. The Hall–Kier alpha value is -0.780. The summed E-state index contributed by atoms with van der Waals surface area (Å²) in [5.74, 6) is 0. The van der Waals surface area contributed by atoms with Gasteiger partial charge in [-0.1, -0.05) is 0 Å². The Morgan fingerprint density at radius 2 is 2.12 bits per heavy atom. The molecule has 0 aliphatic carbocycles. The first-order chi connectivity index (χ1) is 8.16. The van der Waals surface area contributed by atoms with Gasteiger partial charge in [0, 0.05) is 28.3 Å². The molecule has 0 radical (unpaired) electrons. The number of halogens is 1. The molecule has 1 unspecified atom stereocenters. The molecule has 0 spiro atoms. The zero-order chi connectivity index (χ0) is 12.3. The van der Waals surface area contributed by atoms with Crippen LogP contribution in [-0.4, -0.2) is 16.0 Å². The van der Waals surface area contributed by atoms with Crippen LogP contribution >= 0.6 is 27.3 Å². The van der Waals surface area contributed by atoms with Gasteiger partial charge in [0.15, 0.2) is 0 Å². The first-order valence-electron chi connectivity index (χ1n) is 5.43. The van der Waals surface area contributed by atoms with E-state index < -0.39 is 0 Å². The largest absolute Gasteiger partial charge is 0.301 e. The van der Waals surface area contributed by atoms with Gasteiger partial charge >= 0.3 is 0 Å². The van der Waals surface area contributed by atoms with Gasteiger partial charge in [-0.25, -0.2) is 4.98 Å². The summed E-state index contributed by atoms with van der Waals surface area (Å²) in [7, 11) is 0. The van der Waals surface area contributed by atoms with Crippen molar-refractivity contribution in [3.8, 4) is 0 Å². The van der Waals surface area contributed by atoms with Gasteiger partial charge in [-0.3, -0.25) is 4.98 Å². The monoisotopic (exact) mass is 311 g/mol. The molecule has 0 bridgehead atoms. The van der Waals surface area contributed by atoms with Crippen LogP contribution in [0.5, 0.6) is 0 Å². The number of thiazole rings is 1. The lowest BCUT2D eigenvalue weighted by Gasteiger charge is -2.18. The summed E-state index contributed by atoms with van der Waals surface area (Å²) in [4.78, 5) is 8.82. The van der Waals surface area contributed by atoms with Crippen molar-refractivity contribution in [3.63, 3.8) is 0 Å². The van der Waals surface area contributed by atoms with E-state index in [2.05, 4.69) is 45.1 Å². The van der Waals surface area contributed by atoms with Gasteiger partial charge in [-0.15, -0.1) is 11.3 Å². The third-order valence-corrected chi connectivity index (χ3v) is 3.55. The van der Waals surface area contributed by atoms with Gasteiger partial charge in [-0.05, 0) is 41.9 Å². The minimum Gasteiger partial charge on any atom is -0.301 e. The van der Waals surface area contributed by atoms with E-state index in [1.165, 1.54) is 0 Å². The number of hydrogen-bond donors (Lipinski definition) is 1. The molecule has 5 heteroatoms. The third-order valence-electron chi connectivity index (χ3n) is 2.24. The van der Waals surface area contributed by atoms with Gasteiger partial charge in [0.25, 0.3) is 0 Å². The highest BCUT2D eigenvalue weighted by Gasteiger charge is 2.18. The highest BCUT2D eigenvalue weighted by molar-refractivity contribution is 9.10. The summed E-state index contributed by atoms with van der Waals surface area (Å²) in [6, 6.07) is 4.48. The Balaban J connectivity index is 2.30. The number of nitrogens with zero attached hydrogens (tertiary/aromatic N) is 2. The van der Waals surface area contributed by atoms with Crippen molar-refractivity contribution in [1.29, 1.82) is 0 Å². The van der Waals surface area contributed by atoms with Crippen molar-refractivity contribution in [3.05, 3.63) is 45.1 Å². The number of nitrogens with one attached hydrogen (secondary N) is 1. The molecule has 1 N–H and O–H groups in total. The summed E-state index contributed by atoms with van der Waals surface area (Å²) in [6.45, 7) is 4.25. The van der Waals surface area contributed by atoms with Gasteiger partial charge in [0.1, 0.15) is 11.0 Å². The maximum absolute atomic E-state index is 4.44. The summed E-state index contributed by atoms with van der Waals surface area (Å²) < 4.78 is 0.990. The fourth-order valence-corrected chi connectivity index (χ4v) is 2.49. The molecule has 0 aliphatic heterocycles. The zero-order valence-corrected chi connectivity index (χ0v) is 12.1. The smallest absolute Gasteiger partial charge is 0.116 e. The highest BCUT2D eigenvalue weighted by Crippen LogP contribution is 2.23. The number of hydrogen-bond acceptors (Lipinski definition) is 4. The van der Waals surface area contributed by atoms with Crippen molar-refractivity contribution in [1.82, 2.24) is 15.3 Å². The molecule has 0 aromatic carbocycles. The summed E-state index contributed by atoms with van der Waals surface area (Å²) in [5.41, 5.74) is 0.997. The minimum atomic E-state index is 0.0723. The third kappa shape index (κ3) is 3.34. The summed E-state index contributed by atoms with van der Waals surface area (Å²) in [5, 5.41) is 6.53. The molecule has 2 aromatic heterocycles. The molecular weight excluding hydrogens is 298 g/mol. The number of aromatic nitrogens is 2. The van der Waals surface area contributed by atoms with E-state index in [-0.39, 0.29) is 6.04 Å². The molecule has 0 saturated heterocycles. The molecule has 17 heavy (non-hydrogen) atoms. The molecule has 1 atom stereocenters. The molecule has 2 aromatic rings. The quantitative estimate of drug-likeness (QED) is 0.940. The van der Waals surface area contributed by atoms with Crippen LogP contribution in [0.1, 0.15) is 30.6 Å². The number of pyridine rings is 1.